The zero-order chi connectivity index (χ0) is 15.4. The standard InChI is InChI=1S/C17H18ClNO2/c1-12(13-8-10-15(18)11-9-13)19(2)16(17(20)21)14-6-4-3-5-7-14/h3-12,16H,1-2H3,(H,20,21). The molecule has 2 aromatic rings. The van der Waals surface area contributed by atoms with E-state index in [2.05, 4.69) is 0 Å². The third-order valence-corrected chi connectivity index (χ3v) is 3.97. The maximum atomic E-state index is 11.7. The third kappa shape index (κ3) is 3.63. The third-order valence-electron chi connectivity index (χ3n) is 3.72. The molecule has 3 nitrogen and oxygen atoms in total. The van der Waals surface area contributed by atoms with Crippen molar-refractivity contribution in [1.29, 1.82) is 0 Å². The summed E-state index contributed by atoms with van der Waals surface area (Å²) in [6, 6.07) is 16.0. The first-order valence-electron chi connectivity index (χ1n) is 6.76. The van der Waals surface area contributed by atoms with E-state index >= 15 is 0 Å². The number of carboxylic acids is 1. The van der Waals surface area contributed by atoms with Crippen LogP contribution in [0.1, 0.15) is 30.1 Å². The SMILES string of the molecule is CC(c1ccc(Cl)cc1)N(C)C(C(=O)O)c1ccccc1. The number of aliphatic carboxylic acids is 1. The van der Waals surface area contributed by atoms with Gasteiger partial charge >= 0.3 is 5.97 Å². The van der Waals surface area contributed by atoms with Crippen LogP contribution in [0.15, 0.2) is 54.6 Å². The van der Waals surface area contributed by atoms with Gasteiger partial charge in [-0.3, -0.25) is 9.69 Å². The van der Waals surface area contributed by atoms with Gasteiger partial charge in [0.05, 0.1) is 0 Å². The number of halogens is 1. The van der Waals surface area contributed by atoms with Gasteiger partial charge in [-0.05, 0) is 37.2 Å². The quantitative estimate of drug-likeness (QED) is 0.901. The minimum atomic E-state index is -0.857. The Morgan fingerprint density at radius 3 is 2.14 bits per heavy atom. The predicted octanol–water partition coefficient (Wildman–Crippen LogP) is 4.16. The summed E-state index contributed by atoms with van der Waals surface area (Å²) in [5, 5.41) is 10.2. The fraction of sp³-hybridized carbons (Fsp3) is 0.235. The zero-order valence-corrected chi connectivity index (χ0v) is 12.8. The average Bonchev–Trinajstić information content (AvgIpc) is 2.48. The van der Waals surface area contributed by atoms with Crippen LogP contribution in [-0.2, 0) is 4.79 Å². The smallest absolute Gasteiger partial charge is 0.325 e. The molecule has 2 aromatic carbocycles. The Morgan fingerprint density at radius 2 is 1.62 bits per heavy atom. The van der Waals surface area contributed by atoms with Crippen LogP contribution in [0.4, 0.5) is 0 Å². The van der Waals surface area contributed by atoms with Crippen molar-refractivity contribution >= 4 is 17.6 Å². The minimum Gasteiger partial charge on any atom is -0.480 e. The van der Waals surface area contributed by atoms with Gasteiger partial charge in [-0.15, -0.1) is 0 Å². The topological polar surface area (TPSA) is 40.5 Å². The highest BCUT2D eigenvalue weighted by molar-refractivity contribution is 6.30. The van der Waals surface area contributed by atoms with Crippen molar-refractivity contribution in [2.75, 3.05) is 7.05 Å². The Hall–Kier alpha value is -1.84. The summed E-state index contributed by atoms with van der Waals surface area (Å²) in [6.45, 7) is 1.99. The Morgan fingerprint density at radius 1 is 1.05 bits per heavy atom. The van der Waals surface area contributed by atoms with Crippen LogP contribution >= 0.6 is 11.6 Å². The van der Waals surface area contributed by atoms with Crippen LogP contribution in [0.3, 0.4) is 0 Å². The molecule has 0 heterocycles. The lowest BCUT2D eigenvalue weighted by molar-refractivity contribution is -0.143. The molecule has 0 aliphatic carbocycles. The second kappa shape index (κ2) is 6.74. The summed E-state index contributed by atoms with van der Waals surface area (Å²) >= 11 is 5.90. The molecular formula is C17H18ClNO2. The molecule has 0 aromatic heterocycles. The minimum absolute atomic E-state index is 0.0384. The summed E-state index contributed by atoms with van der Waals surface area (Å²) < 4.78 is 0. The summed E-state index contributed by atoms with van der Waals surface area (Å²) in [4.78, 5) is 13.5. The second-order valence-corrected chi connectivity index (χ2v) is 5.48. The zero-order valence-electron chi connectivity index (χ0n) is 12.0. The first-order chi connectivity index (χ1) is 10.0. The van der Waals surface area contributed by atoms with Crippen molar-refractivity contribution in [3.05, 3.63) is 70.7 Å². The maximum absolute atomic E-state index is 11.7. The molecule has 0 fully saturated rings. The molecule has 1 N–H and O–H groups in total. The van der Waals surface area contributed by atoms with Crippen molar-refractivity contribution in [2.45, 2.75) is 19.0 Å². The predicted molar refractivity (Wildman–Crippen MR) is 84.4 cm³/mol. The molecule has 0 spiro atoms. The lowest BCUT2D eigenvalue weighted by atomic mass is 10.0. The molecule has 0 aliphatic heterocycles. The van der Waals surface area contributed by atoms with Crippen molar-refractivity contribution in [2.24, 2.45) is 0 Å². The molecule has 2 atom stereocenters. The van der Waals surface area contributed by atoms with Crippen LogP contribution in [0, 0.1) is 0 Å². The Balaban J connectivity index is 2.28. The number of hydrogen-bond donors (Lipinski definition) is 1. The van der Waals surface area contributed by atoms with Gasteiger partial charge in [0.1, 0.15) is 6.04 Å². The first-order valence-corrected chi connectivity index (χ1v) is 7.13. The second-order valence-electron chi connectivity index (χ2n) is 5.04. The number of likely N-dealkylation sites (N-methyl/N-ethyl adjacent to an activating group) is 1. The number of benzene rings is 2. The van der Waals surface area contributed by atoms with Crippen molar-refractivity contribution in [3.63, 3.8) is 0 Å². The summed E-state index contributed by atoms with van der Waals surface area (Å²) in [5.41, 5.74) is 1.80. The highest BCUT2D eigenvalue weighted by atomic mass is 35.5. The molecule has 4 heteroatoms. The monoisotopic (exact) mass is 303 g/mol. The lowest BCUT2D eigenvalue weighted by Gasteiger charge is -2.31. The van der Waals surface area contributed by atoms with Crippen molar-refractivity contribution in [3.8, 4) is 0 Å². The Labute approximate surface area is 129 Å². The van der Waals surface area contributed by atoms with Crippen LogP contribution in [0.25, 0.3) is 0 Å². The Bertz CT molecular complexity index is 598. The van der Waals surface area contributed by atoms with Gasteiger partial charge in [-0.25, -0.2) is 0 Å². The number of carbonyl (C=O) groups is 1. The molecule has 0 radical (unpaired) electrons. The van der Waals surface area contributed by atoms with Gasteiger partial charge in [-0.1, -0.05) is 54.1 Å². The van der Waals surface area contributed by atoms with E-state index in [1.165, 1.54) is 0 Å². The van der Waals surface area contributed by atoms with Crippen LogP contribution in [-0.4, -0.2) is 23.0 Å². The van der Waals surface area contributed by atoms with E-state index in [1.807, 2.05) is 73.5 Å². The number of carboxylic acid groups (broad SMARTS) is 1. The molecule has 0 amide bonds. The maximum Gasteiger partial charge on any atom is 0.325 e. The summed E-state index contributed by atoms with van der Waals surface area (Å²) in [6.07, 6.45) is 0. The van der Waals surface area contributed by atoms with Crippen molar-refractivity contribution in [1.82, 2.24) is 4.90 Å². The van der Waals surface area contributed by atoms with E-state index in [0.717, 1.165) is 11.1 Å². The first kappa shape index (κ1) is 15.5. The van der Waals surface area contributed by atoms with E-state index in [-0.39, 0.29) is 6.04 Å². The summed E-state index contributed by atoms with van der Waals surface area (Å²) in [5.74, 6) is -0.857. The number of hydrogen-bond acceptors (Lipinski definition) is 2. The molecule has 2 unspecified atom stereocenters. The number of rotatable bonds is 5. The average molecular weight is 304 g/mol. The molecule has 0 saturated carbocycles. The van der Waals surface area contributed by atoms with E-state index in [4.69, 9.17) is 11.6 Å². The highest BCUT2D eigenvalue weighted by Crippen LogP contribution is 2.29. The molecule has 21 heavy (non-hydrogen) atoms. The Kier molecular flexibility index (Phi) is 4.99. The van der Waals surface area contributed by atoms with E-state index in [9.17, 15) is 9.90 Å². The molecular weight excluding hydrogens is 286 g/mol. The molecule has 0 aliphatic rings. The largest absolute Gasteiger partial charge is 0.480 e. The van der Waals surface area contributed by atoms with Gasteiger partial charge in [0.25, 0.3) is 0 Å². The van der Waals surface area contributed by atoms with Gasteiger partial charge < -0.3 is 5.11 Å². The fourth-order valence-corrected chi connectivity index (χ4v) is 2.51. The highest BCUT2D eigenvalue weighted by Gasteiger charge is 2.28. The van der Waals surface area contributed by atoms with Gasteiger partial charge in [0.15, 0.2) is 0 Å². The van der Waals surface area contributed by atoms with Crippen LogP contribution < -0.4 is 0 Å². The molecule has 2 rings (SSSR count). The van der Waals surface area contributed by atoms with Gasteiger partial charge in [0, 0.05) is 11.1 Å². The lowest BCUT2D eigenvalue weighted by Crippen LogP contribution is -2.33. The molecule has 0 saturated heterocycles. The fourth-order valence-electron chi connectivity index (χ4n) is 2.39. The van der Waals surface area contributed by atoms with Gasteiger partial charge in [-0.2, -0.15) is 0 Å². The summed E-state index contributed by atoms with van der Waals surface area (Å²) in [7, 11) is 1.82. The number of nitrogens with zero attached hydrogens (tertiary/aromatic N) is 1. The van der Waals surface area contributed by atoms with Gasteiger partial charge in [0.2, 0.25) is 0 Å². The van der Waals surface area contributed by atoms with Crippen LogP contribution in [0.5, 0.6) is 0 Å². The van der Waals surface area contributed by atoms with Crippen molar-refractivity contribution < 1.29 is 9.90 Å². The molecule has 110 valence electrons. The van der Waals surface area contributed by atoms with Crippen LogP contribution in [0.2, 0.25) is 5.02 Å². The van der Waals surface area contributed by atoms with E-state index in [1.54, 1.807) is 0 Å². The van der Waals surface area contributed by atoms with E-state index in [0.29, 0.717) is 5.02 Å². The molecule has 0 bridgehead atoms. The van der Waals surface area contributed by atoms with E-state index < -0.39 is 12.0 Å². The normalized spacial score (nSPS) is 13.9.